The van der Waals surface area contributed by atoms with Crippen molar-refractivity contribution in [2.24, 2.45) is 0 Å². The molecule has 3 rings (SSSR count). The zero-order chi connectivity index (χ0) is 14.7. The molecule has 1 atom stereocenters. The molecule has 0 spiro atoms. The normalized spacial score (nSPS) is 12.4. The van der Waals surface area contributed by atoms with Crippen molar-refractivity contribution in [3.8, 4) is 5.92 Å². The Bertz CT molecular complexity index is 805. The van der Waals surface area contributed by atoms with Crippen molar-refractivity contribution in [1.82, 2.24) is 0 Å². The molecule has 0 aliphatic heterocycles. The van der Waals surface area contributed by atoms with Crippen LogP contribution in [0.4, 0.5) is 0 Å². The van der Waals surface area contributed by atoms with Crippen LogP contribution >= 0.6 is 0 Å². The van der Waals surface area contributed by atoms with Gasteiger partial charge in [0.05, 0.1) is 0 Å². The third-order valence-electron chi connectivity index (χ3n) is 4.18. The molecule has 0 saturated heterocycles. The average Bonchev–Trinajstić information content (AvgIpc) is 2.53. The second-order valence-corrected chi connectivity index (χ2v) is 5.61. The van der Waals surface area contributed by atoms with Crippen LogP contribution in [0.2, 0.25) is 0 Å². The van der Waals surface area contributed by atoms with E-state index in [9.17, 15) is 0 Å². The Labute approximate surface area is 126 Å². The first-order valence-corrected chi connectivity index (χ1v) is 7.67. The molecule has 0 heteroatoms. The van der Waals surface area contributed by atoms with Crippen molar-refractivity contribution in [3.63, 3.8) is 0 Å². The van der Waals surface area contributed by atoms with Crippen molar-refractivity contribution in [3.05, 3.63) is 66.6 Å². The molecular formula is C21H19. The molecule has 0 saturated carbocycles. The third kappa shape index (κ3) is 2.65. The van der Waals surface area contributed by atoms with Gasteiger partial charge in [0.15, 0.2) is 0 Å². The molecule has 0 nitrogen and oxygen atoms in total. The molecule has 1 radical (unpaired) electrons. The van der Waals surface area contributed by atoms with Gasteiger partial charge in [0.25, 0.3) is 0 Å². The Balaban J connectivity index is 2.18. The highest BCUT2D eigenvalue weighted by Crippen LogP contribution is 2.31. The molecule has 0 bridgehead atoms. The van der Waals surface area contributed by atoms with E-state index < -0.39 is 0 Å². The number of unbranched alkanes of at least 4 members (excludes halogenated alkanes) is 1. The predicted octanol–water partition coefficient (Wildman–Crippen LogP) is 5.86. The first-order valence-electron chi connectivity index (χ1n) is 7.67. The smallest absolute Gasteiger partial charge is 0.0468 e. The first kappa shape index (κ1) is 13.7. The second kappa shape index (κ2) is 6.02. The van der Waals surface area contributed by atoms with E-state index in [1.165, 1.54) is 27.1 Å². The summed E-state index contributed by atoms with van der Waals surface area (Å²) in [5.74, 6) is 2.85. The van der Waals surface area contributed by atoms with Gasteiger partial charge in [-0.3, -0.25) is 0 Å². The van der Waals surface area contributed by atoms with E-state index in [1.807, 2.05) is 0 Å². The van der Waals surface area contributed by atoms with E-state index in [4.69, 9.17) is 6.42 Å². The molecule has 0 aromatic heterocycles. The summed E-state index contributed by atoms with van der Waals surface area (Å²) >= 11 is 0. The van der Waals surface area contributed by atoms with Gasteiger partial charge in [-0.15, -0.1) is 0 Å². The Morgan fingerprint density at radius 2 is 1.67 bits per heavy atom. The van der Waals surface area contributed by atoms with E-state index in [-0.39, 0.29) is 5.92 Å². The van der Waals surface area contributed by atoms with Gasteiger partial charge in [-0.1, -0.05) is 68.2 Å². The minimum atomic E-state index is 0.106. The van der Waals surface area contributed by atoms with Crippen molar-refractivity contribution in [2.45, 2.75) is 32.1 Å². The summed E-state index contributed by atoms with van der Waals surface area (Å²) in [7, 11) is 0. The average molecular weight is 271 g/mol. The maximum Gasteiger partial charge on any atom is 0.0468 e. The van der Waals surface area contributed by atoms with Crippen molar-refractivity contribution in [2.75, 3.05) is 0 Å². The zero-order valence-corrected chi connectivity index (χ0v) is 12.4. The zero-order valence-electron chi connectivity index (χ0n) is 12.4. The van der Waals surface area contributed by atoms with Gasteiger partial charge in [0.1, 0.15) is 0 Å². The van der Waals surface area contributed by atoms with E-state index in [0.29, 0.717) is 0 Å². The summed E-state index contributed by atoms with van der Waals surface area (Å²) in [4.78, 5) is 0. The monoisotopic (exact) mass is 271 g/mol. The van der Waals surface area contributed by atoms with E-state index >= 15 is 0 Å². The molecule has 0 heterocycles. The van der Waals surface area contributed by atoms with E-state index in [2.05, 4.69) is 67.4 Å². The third-order valence-corrected chi connectivity index (χ3v) is 4.18. The molecule has 0 aliphatic carbocycles. The Morgan fingerprint density at radius 3 is 2.38 bits per heavy atom. The molecule has 0 fully saturated rings. The van der Waals surface area contributed by atoms with Gasteiger partial charge in [0, 0.05) is 5.92 Å². The van der Waals surface area contributed by atoms with Crippen LogP contribution in [-0.2, 0) is 0 Å². The van der Waals surface area contributed by atoms with Gasteiger partial charge in [0.2, 0.25) is 0 Å². The standard InChI is InChI=1S/C21H19/c1-3-5-9-16(4-2)20-13-8-12-19-14-17-10-6-7-11-18(17)15-21(19)20/h6-8,10-16H,3,5,9H2,1H3. The Kier molecular flexibility index (Phi) is 3.93. The van der Waals surface area contributed by atoms with Crippen LogP contribution in [0.5, 0.6) is 0 Å². The summed E-state index contributed by atoms with van der Waals surface area (Å²) in [6.45, 7) is 2.19. The fourth-order valence-corrected chi connectivity index (χ4v) is 3.01. The van der Waals surface area contributed by atoms with Crippen LogP contribution < -0.4 is 0 Å². The van der Waals surface area contributed by atoms with Crippen molar-refractivity contribution >= 4 is 21.5 Å². The molecule has 103 valence electrons. The number of hydrogen-bond acceptors (Lipinski definition) is 0. The van der Waals surface area contributed by atoms with Crippen LogP contribution in [0.3, 0.4) is 0 Å². The molecule has 0 aliphatic rings. The van der Waals surface area contributed by atoms with Crippen LogP contribution in [-0.4, -0.2) is 0 Å². The van der Waals surface area contributed by atoms with E-state index in [1.54, 1.807) is 0 Å². The first-order chi connectivity index (χ1) is 10.3. The molecular weight excluding hydrogens is 252 g/mol. The van der Waals surface area contributed by atoms with Crippen LogP contribution in [0.25, 0.3) is 21.5 Å². The van der Waals surface area contributed by atoms with Crippen molar-refractivity contribution in [1.29, 1.82) is 0 Å². The highest BCUT2D eigenvalue weighted by Gasteiger charge is 2.12. The van der Waals surface area contributed by atoms with Gasteiger partial charge < -0.3 is 0 Å². The topological polar surface area (TPSA) is 0 Å². The molecule has 21 heavy (non-hydrogen) atoms. The van der Waals surface area contributed by atoms with Gasteiger partial charge in [-0.05, 0) is 52.1 Å². The fraction of sp³-hybridized carbons (Fsp3) is 0.238. The molecule has 1 unspecified atom stereocenters. The summed E-state index contributed by atoms with van der Waals surface area (Å²) in [5.41, 5.74) is 1.24. The molecule has 3 aromatic rings. The largest absolute Gasteiger partial charge is 0.0809 e. The van der Waals surface area contributed by atoms with Gasteiger partial charge in [-0.2, -0.15) is 0 Å². The number of fused-ring (bicyclic) bond motifs is 2. The van der Waals surface area contributed by atoms with Gasteiger partial charge >= 0.3 is 0 Å². The SMILES string of the molecule is [C]#CC(CCCC)c1cccc2cc3ccccc3cc12. The minimum Gasteiger partial charge on any atom is -0.0809 e. The lowest BCUT2D eigenvalue weighted by atomic mass is 9.89. The van der Waals surface area contributed by atoms with Crippen LogP contribution in [0, 0.1) is 12.3 Å². The molecule has 3 aromatic carbocycles. The maximum absolute atomic E-state index is 7.66. The number of rotatable bonds is 4. The summed E-state index contributed by atoms with van der Waals surface area (Å²) < 4.78 is 0. The second-order valence-electron chi connectivity index (χ2n) is 5.61. The van der Waals surface area contributed by atoms with Crippen molar-refractivity contribution < 1.29 is 0 Å². The predicted molar refractivity (Wildman–Crippen MR) is 90.9 cm³/mol. The molecule has 0 amide bonds. The van der Waals surface area contributed by atoms with Crippen LogP contribution in [0.15, 0.2) is 54.6 Å². The Hall–Kier alpha value is -2.26. The lowest BCUT2D eigenvalue weighted by Gasteiger charge is -2.14. The lowest BCUT2D eigenvalue weighted by molar-refractivity contribution is 0.678. The fourth-order valence-electron chi connectivity index (χ4n) is 3.01. The summed E-state index contributed by atoms with van der Waals surface area (Å²) in [6.07, 6.45) is 11.0. The molecule has 0 N–H and O–H groups in total. The highest BCUT2D eigenvalue weighted by atomic mass is 14.1. The maximum atomic E-state index is 7.66. The van der Waals surface area contributed by atoms with Crippen LogP contribution in [0.1, 0.15) is 37.7 Å². The highest BCUT2D eigenvalue weighted by molar-refractivity contribution is 5.99. The van der Waals surface area contributed by atoms with E-state index in [0.717, 1.165) is 19.3 Å². The summed E-state index contributed by atoms with van der Waals surface area (Å²) in [5, 5.41) is 5.04. The minimum absolute atomic E-state index is 0.106. The lowest BCUT2D eigenvalue weighted by Crippen LogP contribution is -1.97. The van der Waals surface area contributed by atoms with Gasteiger partial charge in [-0.25, -0.2) is 0 Å². The quantitative estimate of drug-likeness (QED) is 0.412. The summed E-state index contributed by atoms with van der Waals surface area (Å²) in [6, 6.07) is 19.4. The number of hydrogen-bond donors (Lipinski definition) is 0. The number of benzene rings is 3. The Morgan fingerprint density at radius 1 is 0.952 bits per heavy atom.